The first kappa shape index (κ1) is 16.7. The highest BCUT2D eigenvalue weighted by molar-refractivity contribution is 7.19. The molecule has 0 saturated carbocycles. The zero-order valence-corrected chi connectivity index (χ0v) is 14.6. The van der Waals surface area contributed by atoms with Gasteiger partial charge in [0.2, 0.25) is 0 Å². The van der Waals surface area contributed by atoms with Gasteiger partial charge in [0.05, 0.1) is 17.9 Å². The number of hydrogen-bond acceptors (Lipinski definition) is 6. The van der Waals surface area contributed by atoms with Gasteiger partial charge in [-0.1, -0.05) is 23.5 Å². The maximum Gasteiger partial charge on any atom is 0.277 e. The normalized spacial score (nSPS) is 16.7. The molecule has 3 heterocycles. The number of carbonyl (C=O) groups is 1. The van der Waals surface area contributed by atoms with Crippen LogP contribution in [-0.4, -0.2) is 33.8 Å². The molecule has 26 heavy (non-hydrogen) atoms. The molecule has 1 atom stereocenters. The Morgan fingerprint density at radius 2 is 2.27 bits per heavy atom. The van der Waals surface area contributed by atoms with Gasteiger partial charge in [0, 0.05) is 18.3 Å². The number of rotatable bonds is 4. The molecule has 1 aliphatic heterocycles. The van der Waals surface area contributed by atoms with E-state index in [0.717, 1.165) is 30.8 Å². The van der Waals surface area contributed by atoms with Crippen molar-refractivity contribution in [2.24, 2.45) is 0 Å². The Morgan fingerprint density at radius 1 is 1.42 bits per heavy atom. The van der Waals surface area contributed by atoms with E-state index in [0.29, 0.717) is 16.3 Å². The number of aromatic nitrogens is 3. The third-order valence-corrected chi connectivity index (χ3v) is 5.16. The molecule has 7 nitrogen and oxygen atoms in total. The third-order valence-electron chi connectivity index (χ3n) is 4.24. The standard InChI is InChI=1S/C17H17FN6OS/c18-13-4-2-1-3-12(13)17-23-14(15(19)26-17)16(25)22-10-7-21-24(9-10)11-5-6-20-8-11/h1-4,7,9,11,20H,5-6,8,19H2,(H,22,25). The summed E-state index contributed by atoms with van der Waals surface area (Å²) in [5, 5.41) is 10.9. The van der Waals surface area contributed by atoms with Crippen molar-refractivity contribution >= 4 is 27.9 Å². The van der Waals surface area contributed by atoms with E-state index in [-0.39, 0.29) is 16.7 Å². The Bertz CT molecular complexity index is 946. The molecule has 9 heteroatoms. The molecule has 2 aromatic heterocycles. The number of anilines is 2. The summed E-state index contributed by atoms with van der Waals surface area (Å²) < 4.78 is 15.8. The van der Waals surface area contributed by atoms with Crippen molar-refractivity contribution < 1.29 is 9.18 Å². The van der Waals surface area contributed by atoms with E-state index in [1.54, 1.807) is 30.6 Å². The van der Waals surface area contributed by atoms with Crippen LogP contribution in [0.3, 0.4) is 0 Å². The SMILES string of the molecule is Nc1sc(-c2ccccc2F)nc1C(=O)Nc1cnn(C2CCNC2)c1. The van der Waals surface area contributed by atoms with Crippen LogP contribution < -0.4 is 16.4 Å². The van der Waals surface area contributed by atoms with E-state index in [1.165, 1.54) is 6.07 Å². The summed E-state index contributed by atoms with van der Waals surface area (Å²) in [6.07, 6.45) is 4.38. The molecule has 1 amide bonds. The van der Waals surface area contributed by atoms with Gasteiger partial charge in [-0.2, -0.15) is 5.10 Å². The van der Waals surface area contributed by atoms with Gasteiger partial charge in [0.1, 0.15) is 15.8 Å². The van der Waals surface area contributed by atoms with E-state index in [9.17, 15) is 9.18 Å². The molecule has 3 aromatic rings. The van der Waals surface area contributed by atoms with Crippen LogP contribution in [0.1, 0.15) is 23.0 Å². The number of nitrogens with zero attached hydrogens (tertiary/aromatic N) is 3. The van der Waals surface area contributed by atoms with Gasteiger partial charge in [-0.25, -0.2) is 9.37 Å². The van der Waals surface area contributed by atoms with Crippen molar-refractivity contribution in [1.82, 2.24) is 20.1 Å². The third kappa shape index (κ3) is 3.18. The molecule has 1 unspecified atom stereocenters. The Morgan fingerprint density at radius 3 is 3.04 bits per heavy atom. The summed E-state index contributed by atoms with van der Waals surface area (Å²) in [5.74, 6) is -0.843. The highest BCUT2D eigenvalue weighted by Gasteiger charge is 2.21. The number of carbonyl (C=O) groups excluding carboxylic acids is 1. The molecule has 0 spiro atoms. The summed E-state index contributed by atoms with van der Waals surface area (Å²) in [7, 11) is 0. The summed E-state index contributed by atoms with van der Waals surface area (Å²) in [5.41, 5.74) is 6.91. The smallest absolute Gasteiger partial charge is 0.277 e. The monoisotopic (exact) mass is 372 g/mol. The molecule has 134 valence electrons. The second-order valence-corrected chi connectivity index (χ2v) is 7.05. The van der Waals surface area contributed by atoms with Gasteiger partial charge in [0.25, 0.3) is 5.91 Å². The fraction of sp³-hybridized carbons (Fsp3) is 0.235. The molecule has 4 N–H and O–H groups in total. The Hall–Kier alpha value is -2.78. The molecule has 0 aliphatic carbocycles. The summed E-state index contributed by atoms with van der Waals surface area (Å²) in [6.45, 7) is 1.82. The number of halogens is 1. The molecule has 0 radical (unpaired) electrons. The second-order valence-electron chi connectivity index (χ2n) is 6.02. The molecule has 1 saturated heterocycles. The zero-order chi connectivity index (χ0) is 18.1. The van der Waals surface area contributed by atoms with E-state index in [4.69, 9.17) is 5.73 Å². The van der Waals surface area contributed by atoms with Gasteiger partial charge >= 0.3 is 0 Å². The quantitative estimate of drug-likeness (QED) is 0.654. The lowest BCUT2D eigenvalue weighted by Crippen LogP contribution is -2.15. The largest absolute Gasteiger partial charge is 0.389 e. The average molecular weight is 372 g/mol. The highest BCUT2D eigenvalue weighted by Crippen LogP contribution is 2.32. The van der Waals surface area contributed by atoms with Gasteiger partial charge in [-0.3, -0.25) is 9.48 Å². The minimum absolute atomic E-state index is 0.0866. The van der Waals surface area contributed by atoms with Crippen LogP contribution in [0.15, 0.2) is 36.7 Å². The predicted octanol–water partition coefficient (Wildman–Crippen LogP) is 2.51. The average Bonchev–Trinajstić information content (AvgIpc) is 3.35. The molecule has 1 aromatic carbocycles. The number of nitrogens with one attached hydrogen (secondary N) is 2. The van der Waals surface area contributed by atoms with Crippen LogP contribution in [0.5, 0.6) is 0 Å². The van der Waals surface area contributed by atoms with E-state index in [1.807, 2.05) is 4.68 Å². The lowest BCUT2D eigenvalue weighted by Gasteiger charge is -2.07. The number of benzene rings is 1. The molecular formula is C17H17FN6OS. The number of nitrogens with two attached hydrogens (primary N) is 1. The van der Waals surface area contributed by atoms with Gasteiger partial charge in [-0.05, 0) is 25.1 Å². The second kappa shape index (κ2) is 6.85. The van der Waals surface area contributed by atoms with Crippen molar-refractivity contribution in [3.05, 3.63) is 48.2 Å². The Kier molecular flexibility index (Phi) is 4.39. The maximum absolute atomic E-state index is 13.9. The van der Waals surface area contributed by atoms with Gasteiger partial charge in [-0.15, -0.1) is 0 Å². The van der Waals surface area contributed by atoms with Crippen LogP contribution in [0.4, 0.5) is 15.1 Å². The maximum atomic E-state index is 13.9. The first-order valence-corrected chi connectivity index (χ1v) is 9.01. The van der Waals surface area contributed by atoms with Crippen LogP contribution in [0.2, 0.25) is 0 Å². The van der Waals surface area contributed by atoms with Crippen molar-refractivity contribution in [3.63, 3.8) is 0 Å². The lowest BCUT2D eigenvalue weighted by molar-refractivity contribution is 0.102. The van der Waals surface area contributed by atoms with Crippen molar-refractivity contribution in [2.75, 3.05) is 24.1 Å². The zero-order valence-electron chi connectivity index (χ0n) is 13.8. The number of hydrogen-bond donors (Lipinski definition) is 3. The van der Waals surface area contributed by atoms with E-state index in [2.05, 4.69) is 20.7 Å². The number of nitrogen functional groups attached to an aromatic ring is 1. The minimum Gasteiger partial charge on any atom is -0.389 e. The van der Waals surface area contributed by atoms with Crippen molar-refractivity contribution in [3.8, 4) is 10.6 Å². The summed E-state index contributed by atoms with van der Waals surface area (Å²) in [4.78, 5) is 16.7. The predicted molar refractivity (Wildman–Crippen MR) is 98.6 cm³/mol. The van der Waals surface area contributed by atoms with Crippen molar-refractivity contribution in [2.45, 2.75) is 12.5 Å². The Balaban J connectivity index is 1.53. The minimum atomic E-state index is -0.439. The fourth-order valence-corrected chi connectivity index (χ4v) is 3.76. The first-order valence-electron chi connectivity index (χ1n) is 8.19. The van der Waals surface area contributed by atoms with Gasteiger partial charge < -0.3 is 16.4 Å². The number of thiazole rings is 1. The lowest BCUT2D eigenvalue weighted by atomic mass is 10.2. The van der Waals surface area contributed by atoms with Gasteiger partial charge in [0.15, 0.2) is 5.69 Å². The first-order chi connectivity index (χ1) is 12.6. The molecule has 1 fully saturated rings. The van der Waals surface area contributed by atoms with Crippen LogP contribution >= 0.6 is 11.3 Å². The number of amides is 1. The molecular weight excluding hydrogens is 355 g/mol. The Labute approximate surface area is 153 Å². The van der Waals surface area contributed by atoms with Crippen LogP contribution in [-0.2, 0) is 0 Å². The topological polar surface area (TPSA) is 97.9 Å². The van der Waals surface area contributed by atoms with Crippen LogP contribution in [0, 0.1) is 5.82 Å². The van der Waals surface area contributed by atoms with Crippen molar-refractivity contribution in [1.29, 1.82) is 0 Å². The summed E-state index contributed by atoms with van der Waals surface area (Å²) in [6, 6.07) is 6.55. The van der Waals surface area contributed by atoms with E-state index < -0.39 is 11.7 Å². The highest BCUT2D eigenvalue weighted by atomic mass is 32.1. The summed E-state index contributed by atoms with van der Waals surface area (Å²) >= 11 is 1.08. The molecule has 4 rings (SSSR count). The fourth-order valence-electron chi connectivity index (χ4n) is 2.90. The van der Waals surface area contributed by atoms with E-state index >= 15 is 0 Å². The molecule has 0 bridgehead atoms. The van der Waals surface area contributed by atoms with Crippen LogP contribution in [0.25, 0.3) is 10.6 Å². The molecule has 1 aliphatic rings.